The molecule has 0 saturated heterocycles. The zero-order valence-corrected chi connectivity index (χ0v) is 16.8. The summed E-state index contributed by atoms with van der Waals surface area (Å²) in [7, 11) is 0. The number of carbonyl (C=O) groups is 2. The number of aryl methyl sites for hydroxylation is 1. The fourth-order valence-electron chi connectivity index (χ4n) is 3.61. The summed E-state index contributed by atoms with van der Waals surface area (Å²) in [6.07, 6.45) is 0. The van der Waals surface area contributed by atoms with Crippen LogP contribution in [0.4, 0.5) is 0 Å². The van der Waals surface area contributed by atoms with Crippen LogP contribution in [0, 0.1) is 6.92 Å². The van der Waals surface area contributed by atoms with Gasteiger partial charge in [-0.1, -0.05) is 77.8 Å². The Morgan fingerprint density at radius 1 is 0.600 bits per heavy atom. The largest absolute Gasteiger partial charge is 0.287 e. The second-order valence-corrected chi connectivity index (χ2v) is 7.63. The Morgan fingerprint density at radius 2 is 1.03 bits per heavy atom. The number of halogens is 1. The molecule has 4 nitrogen and oxygen atoms in total. The Labute approximate surface area is 178 Å². The molecule has 1 aliphatic carbocycles. The van der Waals surface area contributed by atoms with Crippen LogP contribution < -0.4 is 0 Å². The van der Waals surface area contributed by atoms with Gasteiger partial charge in [-0.3, -0.25) is 9.59 Å². The summed E-state index contributed by atoms with van der Waals surface area (Å²) < 4.78 is 0. The number of ketones is 2. The highest BCUT2D eigenvalue weighted by Gasteiger charge is 2.33. The lowest BCUT2D eigenvalue weighted by molar-refractivity contribution is 0.0971. The number of hydrogen-bond donors (Lipinski definition) is 0. The predicted octanol–water partition coefficient (Wildman–Crippen LogP) is 5.55. The van der Waals surface area contributed by atoms with Gasteiger partial charge in [-0.2, -0.15) is 0 Å². The summed E-state index contributed by atoms with van der Waals surface area (Å²) in [5.41, 5.74) is 4.67. The number of carbonyl (C=O) groups excluding carboxylic acids is 2. The van der Waals surface area contributed by atoms with E-state index in [0.717, 1.165) is 16.7 Å². The van der Waals surface area contributed by atoms with Crippen LogP contribution in [0.25, 0.3) is 22.5 Å². The maximum Gasteiger partial charge on any atom is 0.214 e. The molecule has 0 radical (unpaired) electrons. The predicted molar refractivity (Wildman–Crippen MR) is 116 cm³/mol. The lowest BCUT2D eigenvalue weighted by Crippen LogP contribution is -2.24. The van der Waals surface area contributed by atoms with E-state index in [9.17, 15) is 9.59 Å². The van der Waals surface area contributed by atoms with Crippen molar-refractivity contribution in [1.29, 1.82) is 0 Å². The fourth-order valence-corrected chi connectivity index (χ4v) is 3.73. The van der Waals surface area contributed by atoms with Crippen LogP contribution in [0.2, 0.25) is 5.02 Å². The van der Waals surface area contributed by atoms with E-state index < -0.39 is 0 Å². The van der Waals surface area contributed by atoms with Crippen LogP contribution in [0.3, 0.4) is 0 Å². The molecule has 0 spiro atoms. The molecule has 0 saturated carbocycles. The van der Waals surface area contributed by atoms with E-state index in [1.165, 1.54) is 0 Å². The van der Waals surface area contributed by atoms with Gasteiger partial charge >= 0.3 is 0 Å². The minimum absolute atomic E-state index is 0.0829. The van der Waals surface area contributed by atoms with Gasteiger partial charge in [0.2, 0.25) is 11.6 Å². The van der Waals surface area contributed by atoms with Crippen molar-refractivity contribution in [1.82, 2.24) is 9.97 Å². The number of nitrogens with zero attached hydrogens (tertiary/aromatic N) is 2. The number of fused-ring (bicyclic) bond motifs is 2. The summed E-state index contributed by atoms with van der Waals surface area (Å²) >= 11 is 6.05. The van der Waals surface area contributed by atoms with Gasteiger partial charge < -0.3 is 0 Å². The van der Waals surface area contributed by atoms with Crippen LogP contribution in [-0.4, -0.2) is 21.5 Å². The van der Waals surface area contributed by atoms with Crippen LogP contribution in [-0.2, 0) is 0 Å². The maximum absolute atomic E-state index is 13.1. The van der Waals surface area contributed by atoms with Crippen LogP contribution in [0.15, 0.2) is 72.8 Å². The maximum atomic E-state index is 13.1. The lowest BCUT2D eigenvalue weighted by Gasteiger charge is -2.19. The smallest absolute Gasteiger partial charge is 0.214 e. The average Bonchev–Trinajstić information content (AvgIpc) is 2.78. The SMILES string of the molecule is Cc1ccc(-c2nc3c(nc2-c2ccc(Cl)cc2)C(=O)c2ccccc2C3=O)cc1. The van der Waals surface area contributed by atoms with Crippen molar-refractivity contribution in [3.05, 3.63) is 106 Å². The first-order valence-corrected chi connectivity index (χ1v) is 9.84. The van der Waals surface area contributed by atoms with Gasteiger partial charge in [0.15, 0.2) is 0 Å². The Hall–Kier alpha value is -3.63. The van der Waals surface area contributed by atoms with E-state index in [1.54, 1.807) is 36.4 Å². The second-order valence-electron chi connectivity index (χ2n) is 7.19. The van der Waals surface area contributed by atoms with E-state index in [1.807, 2.05) is 43.3 Å². The topological polar surface area (TPSA) is 59.9 Å². The molecule has 3 aromatic carbocycles. The van der Waals surface area contributed by atoms with Crippen molar-refractivity contribution in [2.24, 2.45) is 0 Å². The van der Waals surface area contributed by atoms with Crippen molar-refractivity contribution >= 4 is 23.2 Å². The second kappa shape index (κ2) is 7.01. The van der Waals surface area contributed by atoms with Gasteiger partial charge in [-0.05, 0) is 19.1 Å². The molecule has 0 fully saturated rings. The molecular weight excluding hydrogens is 396 g/mol. The lowest BCUT2D eigenvalue weighted by atomic mass is 9.89. The molecule has 1 aliphatic rings. The van der Waals surface area contributed by atoms with Crippen LogP contribution in [0.1, 0.15) is 37.7 Å². The van der Waals surface area contributed by atoms with Crippen molar-refractivity contribution in [2.75, 3.05) is 0 Å². The molecule has 0 unspecified atom stereocenters. The van der Waals surface area contributed by atoms with Gasteiger partial charge in [0.1, 0.15) is 11.4 Å². The Balaban J connectivity index is 1.79. The van der Waals surface area contributed by atoms with Gasteiger partial charge in [0.25, 0.3) is 0 Å². The van der Waals surface area contributed by atoms with Gasteiger partial charge in [0.05, 0.1) is 11.4 Å². The summed E-state index contributed by atoms with van der Waals surface area (Å²) in [4.78, 5) is 35.6. The van der Waals surface area contributed by atoms with Gasteiger partial charge in [-0.15, -0.1) is 0 Å². The Morgan fingerprint density at radius 3 is 1.50 bits per heavy atom. The number of hydrogen-bond acceptors (Lipinski definition) is 4. The van der Waals surface area contributed by atoms with Crippen molar-refractivity contribution in [3.63, 3.8) is 0 Å². The number of benzene rings is 3. The fraction of sp³-hybridized carbons (Fsp3) is 0.0400. The quantitative estimate of drug-likeness (QED) is 0.383. The Bertz CT molecular complexity index is 1220. The molecule has 144 valence electrons. The molecule has 0 N–H and O–H groups in total. The minimum Gasteiger partial charge on any atom is -0.287 e. The zero-order valence-electron chi connectivity index (χ0n) is 16.0. The summed E-state index contributed by atoms with van der Waals surface area (Å²) in [6.45, 7) is 2.00. The van der Waals surface area contributed by atoms with Gasteiger partial charge in [0, 0.05) is 27.3 Å². The molecule has 1 heterocycles. The molecule has 0 atom stereocenters. The first-order chi connectivity index (χ1) is 14.5. The first-order valence-electron chi connectivity index (χ1n) is 9.46. The van der Waals surface area contributed by atoms with Crippen LogP contribution in [0.5, 0.6) is 0 Å². The monoisotopic (exact) mass is 410 g/mol. The van der Waals surface area contributed by atoms with Gasteiger partial charge in [-0.25, -0.2) is 9.97 Å². The molecule has 1 aromatic heterocycles. The van der Waals surface area contributed by atoms with Crippen LogP contribution >= 0.6 is 11.6 Å². The molecule has 0 amide bonds. The highest BCUT2D eigenvalue weighted by Crippen LogP contribution is 2.34. The summed E-state index contributed by atoms with van der Waals surface area (Å²) in [6, 6.07) is 21.8. The minimum atomic E-state index is -0.293. The van der Waals surface area contributed by atoms with E-state index in [4.69, 9.17) is 11.6 Å². The molecule has 0 bridgehead atoms. The van der Waals surface area contributed by atoms with Crippen molar-refractivity contribution in [2.45, 2.75) is 6.92 Å². The summed E-state index contributed by atoms with van der Waals surface area (Å²) in [5.74, 6) is -0.581. The highest BCUT2D eigenvalue weighted by molar-refractivity contribution is 6.30. The van der Waals surface area contributed by atoms with E-state index in [2.05, 4.69) is 9.97 Å². The highest BCUT2D eigenvalue weighted by atomic mass is 35.5. The summed E-state index contributed by atoms with van der Waals surface area (Å²) in [5, 5.41) is 0.599. The molecule has 4 aromatic rings. The number of aromatic nitrogens is 2. The zero-order chi connectivity index (χ0) is 20.8. The third-order valence-electron chi connectivity index (χ3n) is 5.18. The normalized spacial score (nSPS) is 12.5. The van der Waals surface area contributed by atoms with E-state index >= 15 is 0 Å². The molecule has 5 heteroatoms. The van der Waals surface area contributed by atoms with Crippen molar-refractivity contribution < 1.29 is 9.59 Å². The first kappa shape index (κ1) is 18.4. The molecule has 30 heavy (non-hydrogen) atoms. The van der Waals surface area contributed by atoms with E-state index in [-0.39, 0.29) is 23.0 Å². The molecule has 0 aliphatic heterocycles. The molecule has 5 rings (SSSR count). The molecular formula is C25H15ClN2O2. The Kier molecular flexibility index (Phi) is 4.30. The average molecular weight is 411 g/mol. The van der Waals surface area contributed by atoms with Crippen molar-refractivity contribution in [3.8, 4) is 22.5 Å². The third-order valence-corrected chi connectivity index (χ3v) is 5.44. The standard InChI is InChI=1S/C25H15ClN2O2/c1-14-6-8-15(9-7-14)20-21(16-10-12-17(26)13-11-16)28-23-22(27-20)24(29)18-4-2-3-5-19(18)25(23)30/h2-13H,1H3. The third kappa shape index (κ3) is 2.93. The number of rotatable bonds is 2. The van der Waals surface area contributed by atoms with E-state index in [0.29, 0.717) is 27.5 Å².